The molecule has 1 aliphatic carbocycles. The number of carbonyl (C=O) groups is 3. The van der Waals surface area contributed by atoms with E-state index in [1.54, 1.807) is 12.2 Å². The first-order valence-electron chi connectivity index (χ1n) is 21.5. The zero-order chi connectivity index (χ0) is 38.1. The Labute approximate surface area is 317 Å². The number of aliphatic hydroxyl groups excluding tert-OH is 3. The zero-order valence-electron chi connectivity index (χ0n) is 33.3. The van der Waals surface area contributed by atoms with Crippen LogP contribution in [-0.4, -0.2) is 64.6 Å². The molecule has 1 saturated carbocycles. The van der Waals surface area contributed by atoms with Crippen LogP contribution >= 0.6 is 0 Å². The minimum Gasteiger partial charge on any atom is -0.462 e. The Morgan fingerprint density at radius 2 is 1.25 bits per heavy atom. The molecule has 3 N–H and O–H groups in total. The molecule has 0 aromatic rings. The van der Waals surface area contributed by atoms with Gasteiger partial charge in [-0.15, -0.1) is 0 Å². The lowest BCUT2D eigenvalue weighted by molar-refractivity contribution is -0.161. The van der Waals surface area contributed by atoms with Gasteiger partial charge in [0.15, 0.2) is 6.10 Å². The molecule has 0 spiro atoms. The van der Waals surface area contributed by atoms with E-state index in [4.69, 9.17) is 9.47 Å². The Balaban J connectivity index is 2.06. The molecule has 1 aliphatic rings. The van der Waals surface area contributed by atoms with Crippen LogP contribution in [0.4, 0.5) is 0 Å². The van der Waals surface area contributed by atoms with Crippen LogP contribution in [-0.2, 0) is 23.9 Å². The summed E-state index contributed by atoms with van der Waals surface area (Å²) in [6.07, 6.45) is 34.6. The van der Waals surface area contributed by atoms with Gasteiger partial charge in [-0.2, -0.15) is 0 Å². The summed E-state index contributed by atoms with van der Waals surface area (Å²) in [6.45, 7) is 3.82. The number of Topliss-reactive ketones (excluding diaryl/α,β-unsaturated/α-hetero) is 1. The van der Waals surface area contributed by atoms with Crippen LogP contribution in [0.15, 0.2) is 24.3 Å². The van der Waals surface area contributed by atoms with Gasteiger partial charge in [0.05, 0.1) is 18.8 Å². The first-order valence-corrected chi connectivity index (χ1v) is 21.5. The minimum atomic E-state index is -0.855. The number of esters is 2. The van der Waals surface area contributed by atoms with Crippen molar-refractivity contribution in [2.75, 3.05) is 13.2 Å². The zero-order valence-corrected chi connectivity index (χ0v) is 33.3. The van der Waals surface area contributed by atoms with Gasteiger partial charge in [0.1, 0.15) is 12.4 Å². The molecule has 8 nitrogen and oxygen atoms in total. The van der Waals surface area contributed by atoms with Crippen LogP contribution in [0.25, 0.3) is 0 Å². The molecule has 0 heterocycles. The quantitative estimate of drug-likeness (QED) is 0.0333. The van der Waals surface area contributed by atoms with Crippen LogP contribution in [0.1, 0.15) is 194 Å². The molecule has 1 rings (SSSR count). The Morgan fingerprint density at radius 1 is 0.731 bits per heavy atom. The van der Waals surface area contributed by atoms with Crippen molar-refractivity contribution in [1.82, 2.24) is 0 Å². The number of hydrogen-bond acceptors (Lipinski definition) is 8. The Kier molecular flexibility index (Phi) is 30.9. The lowest BCUT2D eigenvalue weighted by atomic mass is 9.90. The summed E-state index contributed by atoms with van der Waals surface area (Å²) in [5.41, 5.74) is 0. The topological polar surface area (TPSA) is 130 Å². The standard InChI is InChI=1S/C44H78O8/c1-3-5-7-8-9-10-11-12-13-14-15-16-17-18-19-20-21-27-31-44(50)52-38(35-45)36-51-43(49)30-26-23-22-25-29-39-40(42(48)34-41(39)47)33-32-37(46)28-24-6-4-2/h22,25,32-33,37-41,45-47H,3-21,23-24,26-31,34-36H2,1-2H3/b25-22-,33-32+/t37-,38-,39+,40+,41-/m0/s1. The third-order valence-corrected chi connectivity index (χ3v) is 10.4. The molecular weight excluding hydrogens is 656 g/mol. The molecule has 0 saturated heterocycles. The number of hydrogen-bond donors (Lipinski definition) is 3. The van der Waals surface area contributed by atoms with E-state index < -0.39 is 36.8 Å². The number of aliphatic hydroxyl groups is 3. The molecule has 0 aliphatic heterocycles. The van der Waals surface area contributed by atoms with Gasteiger partial charge in [0.2, 0.25) is 0 Å². The van der Waals surface area contributed by atoms with Gasteiger partial charge in [-0.25, -0.2) is 0 Å². The van der Waals surface area contributed by atoms with E-state index in [0.717, 1.165) is 38.5 Å². The number of ketones is 1. The van der Waals surface area contributed by atoms with Crippen LogP contribution in [0.2, 0.25) is 0 Å². The molecule has 5 atom stereocenters. The molecule has 52 heavy (non-hydrogen) atoms. The van der Waals surface area contributed by atoms with Gasteiger partial charge in [-0.05, 0) is 32.1 Å². The van der Waals surface area contributed by atoms with Crippen LogP contribution < -0.4 is 0 Å². The summed E-state index contributed by atoms with van der Waals surface area (Å²) in [5.74, 6) is -1.39. The Morgan fingerprint density at radius 3 is 1.81 bits per heavy atom. The van der Waals surface area contributed by atoms with Crippen LogP contribution in [0.3, 0.4) is 0 Å². The smallest absolute Gasteiger partial charge is 0.306 e. The molecule has 8 heteroatoms. The minimum absolute atomic E-state index is 0.00286. The van der Waals surface area contributed by atoms with Crippen molar-refractivity contribution >= 4 is 17.7 Å². The fraction of sp³-hybridized carbons (Fsp3) is 0.841. The van der Waals surface area contributed by atoms with Crippen LogP contribution in [0.5, 0.6) is 0 Å². The average molecular weight is 735 g/mol. The van der Waals surface area contributed by atoms with E-state index in [0.29, 0.717) is 32.1 Å². The molecule has 0 unspecified atom stereocenters. The van der Waals surface area contributed by atoms with Crippen molar-refractivity contribution in [3.05, 3.63) is 24.3 Å². The molecule has 0 aromatic carbocycles. The SMILES string of the molecule is CCCCCCCCCCCCCCCCCCCCC(=O)O[C@@H](CO)COC(=O)CCC/C=C\C[C@H]1[C@@H](O)CC(=O)[C@@H]1/C=C/[C@@H](O)CCCCC. The van der Waals surface area contributed by atoms with Gasteiger partial charge in [-0.1, -0.05) is 167 Å². The lowest BCUT2D eigenvalue weighted by Gasteiger charge is -2.17. The van der Waals surface area contributed by atoms with E-state index >= 15 is 0 Å². The van der Waals surface area contributed by atoms with Gasteiger partial charge in [0.25, 0.3) is 0 Å². The van der Waals surface area contributed by atoms with Crippen molar-refractivity contribution in [1.29, 1.82) is 0 Å². The molecule has 0 amide bonds. The summed E-state index contributed by atoms with van der Waals surface area (Å²) in [5, 5.41) is 30.2. The molecule has 302 valence electrons. The van der Waals surface area contributed by atoms with Gasteiger partial charge >= 0.3 is 11.9 Å². The molecule has 0 radical (unpaired) electrons. The highest BCUT2D eigenvalue weighted by Crippen LogP contribution is 2.33. The molecular formula is C44H78O8. The second-order valence-electron chi connectivity index (χ2n) is 15.2. The van der Waals surface area contributed by atoms with Crippen LogP contribution in [0, 0.1) is 11.8 Å². The number of carbonyl (C=O) groups excluding carboxylic acids is 3. The highest BCUT2D eigenvalue weighted by Gasteiger charge is 2.39. The number of rotatable bonds is 35. The number of allylic oxidation sites excluding steroid dienone is 3. The third-order valence-electron chi connectivity index (χ3n) is 10.4. The predicted octanol–water partition coefficient (Wildman–Crippen LogP) is 10.0. The summed E-state index contributed by atoms with van der Waals surface area (Å²) in [4.78, 5) is 36.9. The first kappa shape index (κ1) is 48.0. The summed E-state index contributed by atoms with van der Waals surface area (Å²) in [7, 11) is 0. The van der Waals surface area contributed by atoms with Gasteiger partial charge in [-0.3, -0.25) is 14.4 Å². The largest absolute Gasteiger partial charge is 0.462 e. The van der Waals surface area contributed by atoms with Gasteiger partial charge in [0, 0.05) is 31.1 Å². The molecule has 1 fully saturated rings. The van der Waals surface area contributed by atoms with Crippen molar-refractivity contribution in [3.63, 3.8) is 0 Å². The van der Waals surface area contributed by atoms with E-state index in [9.17, 15) is 29.7 Å². The lowest BCUT2D eigenvalue weighted by Crippen LogP contribution is -2.28. The van der Waals surface area contributed by atoms with E-state index in [-0.39, 0.29) is 37.1 Å². The van der Waals surface area contributed by atoms with E-state index in [2.05, 4.69) is 13.8 Å². The second kappa shape index (κ2) is 33.5. The van der Waals surface area contributed by atoms with Crippen molar-refractivity contribution in [3.8, 4) is 0 Å². The van der Waals surface area contributed by atoms with Gasteiger partial charge < -0.3 is 24.8 Å². The van der Waals surface area contributed by atoms with Crippen molar-refractivity contribution in [2.45, 2.75) is 212 Å². The molecule has 0 bridgehead atoms. The summed E-state index contributed by atoms with van der Waals surface area (Å²) >= 11 is 0. The predicted molar refractivity (Wildman–Crippen MR) is 211 cm³/mol. The van der Waals surface area contributed by atoms with Crippen molar-refractivity contribution in [2.24, 2.45) is 11.8 Å². The summed E-state index contributed by atoms with van der Waals surface area (Å²) in [6, 6.07) is 0. The van der Waals surface area contributed by atoms with E-state index in [1.807, 2.05) is 12.2 Å². The second-order valence-corrected chi connectivity index (χ2v) is 15.2. The summed E-state index contributed by atoms with van der Waals surface area (Å²) < 4.78 is 10.6. The highest BCUT2D eigenvalue weighted by atomic mass is 16.6. The highest BCUT2D eigenvalue weighted by molar-refractivity contribution is 5.86. The number of ether oxygens (including phenoxy) is 2. The first-order chi connectivity index (χ1) is 25.3. The third kappa shape index (κ3) is 25.9. The maximum Gasteiger partial charge on any atom is 0.306 e. The van der Waals surface area contributed by atoms with E-state index in [1.165, 1.54) is 96.3 Å². The fourth-order valence-corrected chi connectivity index (χ4v) is 7.01. The molecule has 0 aromatic heterocycles. The maximum absolute atomic E-state index is 12.4. The monoisotopic (exact) mass is 735 g/mol. The van der Waals surface area contributed by atoms with Crippen molar-refractivity contribution < 1.29 is 39.2 Å². The average Bonchev–Trinajstić information content (AvgIpc) is 3.40. The fourth-order valence-electron chi connectivity index (χ4n) is 7.01. The Bertz CT molecular complexity index is 947. The Hall–Kier alpha value is -2.03. The normalized spacial score (nSPS) is 18.8. The maximum atomic E-state index is 12.4. The number of unbranched alkanes of at least 4 members (excludes halogenated alkanes) is 20.